The van der Waals surface area contributed by atoms with Gasteiger partial charge < -0.3 is 10.1 Å². The van der Waals surface area contributed by atoms with E-state index in [1.165, 1.54) is 37.1 Å². The molecular formula is C22H28N2O2. The van der Waals surface area contributed by atoms with Crippen molar-refractivity contribution in [3.63, 3.8) is 0 Å². The van der Waals surface area contributed by atoms with Gasteiger partial charge in [-0.2, -0.15) is 0 Å². The van der Waals surface area contributed by atoms with Crippen LogP contribution >= 0.6 is 0 Å². The van der Waals surface area contributed by atoms with E-state index in [1.807, 2.05) is 36.4 Å². The molecule has 3 rings (SSSR count). The minimum Gasteiger partial charge on any atom is -0.494 e. The lowest BCUT2D eigenvalue weighted by Gasteiger charge is -2.17. The van der Waals surface area contributed by atoms with Gasteiger partial charge in [0, 0.05) is 19.5 Å². The molecule has 26 heavy (non-hydrogen) atoms. The van der Waals surface area contributed by atoms with Gasteiger partial charge in [-0.05, 0) is 55.6 Å². The van der Waals surface area contributed by atoms with E-state index in [4.69, 9.17) is 4.74 Å². The summed E-state index contributed by atoms with van der Waals surface area (Å²) in [7, 11) is 0. The molecular weight excluding hydrogens is 324 g/mol. The molecule has 0 aromatic heterocycles. The Bertz CT molecular complexity index is 682. The van der Waals surface area contributed by atoms with Crippen LogP contribution in [0.25, 0.3) is 0 Å². The van der Waals surface area contributed by atoms with Crippen LogP contribution in [0.4, 0.5) is 0 Å². The van der Waals surface area contributed by atoms with Gasteiger partial charge in [0.05, 0.1) is 6.61 Å². The largest absolute Gasteiger partial charge is 0.494 e. The van der Waals surface area contributed by atoms with Crippen molar-refractivity contribution >= 4 is 5.91 Å². The maximum Gasteiger partial charge on any atom is 0.220 e. The van der Waals surface area contributed by atoms with Crippen LogP contribution in [0, 0.1) is 0 Å². The molecule has 1 N–H and O–H groups in total. The van der Waals surface area contributed by atoms with Crippen molar-refractivity contribution in [2.75, 3.05) is 19.7 Å². The van der Waals surface area contributed by atoms with Crippen LogP contribution in [0.5, 0.6) is 5.75 Å². The number of carbonyl (C=O) groups excluding carboxylic acids is 1. The van der Waals surface area contributed by atoms with Crippen LogP contribution < -0.4 is 10.1 Å². The highest BCUT2D eigenvalue weighted by molar-refractivity contribution is 5.75. The lowest BCUT2D eigenvalue weighted by Crippen LogP contribution is -2.25. The third-order valence-corrected chi connectivity index (χ3v) is 4.75. The van der Waals surface area contributed by atoms with Crippen LogP contribution in [0.3, 0.4) is 0 Å². The van der Waals surface area contributed by atoms with Gasteiger partial charge in [-0.3, -0.25) is 9.69 Å². The number of nitrogens with zero attached hydrogens (tertiary/aromatic N) is 1. The van der Waals surface area contributed by atoms with Gasteiger partial charge in [-0.15, -0.1) is 0 Å². The Hall–Kier alpha value is -2.33. The average molecular weight is 352 g/mol. The molecule has 1 amide bonds. The fourth-order valence-corrected chi connectivity index (χ4v) is 3.29. The number of nitrogens with one attached hydrogen (secondary N) is 1. The lowest BCUT2D eigenvalue weighted by molar-refractivity contribution is -0.121. The van der Waals surface area contributed by atoms with Gasteiger partial charge in [-0.1, -0.05) is 42.5 Å². The highest BCUT2D eigenvalue weighted by Crippen LogP contribution is 2.16. The highest BCUT2D eigenvalue weighted by atomic mass is 16.5. The molecule has 0 unspecified atom stereocenters. The third kappa shape index (κ3) is 5.88. The first-order valence-electron chi connectivity index (χ1n) is 9.55. The zero-order valence-corrected chi connectivity index (χ0v) is 15.3. The molecule has 138 valence electrons. The van der Waals surface area contributed by atoms with Crippen molar-refractivity contribution in [1.82, 2.24) is 10.2 Å². The van der Waals surface area contributed by atoms with E-state index < -0.39 is 0 Å². The second kappa shape index (κ2) is 9.97. The van der Waals surface area contributed by atoms with Crippen molar-refractivity contribution in [2.45, 2.75) is 38.8 Å². The predicted molar refractivity (Wildman–Crippen MR) is 104 cm³/mol. The normalized spacial score (nSPS) is 14.3. The van der Waals surface area contributed by atoms with Gasteiger partial charge in [0.2, 0.25) is 5.91 Å². The number of carbonyl (C=O) groups is 1. The topological polar surface area (TPSA) is 41.6 Å². The summed E-state index contributed by atoms with van der Waals surface area (Å²) in [5, 5.41) is 3.05. The Morgan fingerprint density at radius 1 is 0.962 bits per heavy atom. The number of ether oxygens (including phenoxy) is 1. The zero-order valence-electron chi connectivity index (χ0n) is 15.3. The smallest absolute Gasteiger partial charge is 0.220 e. The molecule has 1 saturated heterocycles. The molecule has 2 aromatic carbocycles. The second-order valence-electron chi connectivity index (χ2n) is 6.79. The second-order valence-corrected chi connectivity index (χ2v) is 6.79. The molecule has 4 heteroatoms. The fraction of sp³-hybridized carbons (Fsp3) is 0.409. The van der Waals surface area contributed by atoms with Crippen LogP contribution in [0.1, 0.15) is 36.8 Å². The number of rotatable bonds is 9. The highest BCUT2D eigenvalue weighted by Gasteiger charge is 2.13. The molecule has 0 radical (unpaired) electrons. The molecule has 0 saturated carbocycles. The summed E-state index contributed by atoms with van der Waals surface area (Å²) >= 11 is 0. The van der Waals surface area contributed by atoms with E-state index in [9.17, 15) is 4.79 Å². The Labute approximate surface area is 156 Å². The van der Waals surface area contributed by atoms with Gasteiger partial charge >= 0.3 is 0 Å². The summed E-state index contributed by atoms with van der Waals surface area (Å²) in [6, 6.07) is 18.1. The van der Waals surface area contributed by atoms with Gasteiger partial charge in [-0.25, -0.2) is 0 Å². The lowest BCUT2D eigenvalue weighted by atomic mass is 10.1. The number of para-hydroxylation sites is 1. The fourth-order valence-electron chi connectivity index (χ4n) is 3.29. The van der Waals surface area contributed by atoms with E-state index in [2.05, 4.69) is 28.4 Å². The Morgan fingerprint density at radius 3 is 2.42 bits per heavy atom. The van der Waals surface area contributed by atoms with Gasteiger partial charge in [0.15, 0.2) is 0 Å². The first-order chi connectivity index (χ1) is 12.8. The molecule has 2 aromatic rings. The van der Waals surface area contributed by atoms with E-state index in [0.717, 1.165) is 18.7 Å². The first-order valence-corrected chi connectivity index (χ1v) is 9.55. The van der Waals surface area contributed by atoms with Crippen molar-refractivity contribution in [1.29, 1.82) is 0 Å². The van der Waals surface area contributed by atoms with Gasteiger partial charge in [0.1, 0.15) is 5.75 Å². The van der Waals surface area contributed by atoms with Crippen LogP contribution in [0.15, 0.2) is 54.6 Å². The summed E-state index contributed by atoms with van der Waals surface area (Å²) in [5.41, 5.74) is 2.54. The maximum atomic E-state index is 12.1. The standard InChI is InChI=1S/C22H28N2O2/c25-22(13-8-16-26-21-11-2-1-3-12-21)23-17-19-9-4-5-10-20(19)18-24-14-6-7-15-24/h1-5,9-12H,6-8,13-18H2,(H,23,25). The molecule has 1 heterocycles. The molecule has 1 fully saturated rings. The number of benzene rings is 2. The number of likely N-dealkylation sites (tertiary alicyclic amines) is 1. The van der Waals surface area contributed by atoms with E-state index in [1.54, 1.807) is 0 Å². The zero-order chi connectivity index (χ0) is 18.0. The minimum absolute atomic E-state index is 0.0811. The Kier molecular flexibility index (Phi) is 7.08. The molecule has 0 aliphatic carbocycles. The quantitative estimate of drug-likeness (QED) is 0.699. The Morgan fingerprint density at radius 2 is 1.65 bits per heavy atom. The van der Waals surface area contributed by atoms with E-state index in [0.29, 0.717) is 19.6 Å². The number of hydrogen-bond acceptors (Lipinski definition) is 3. The number of hydrogen-bond donors (Lipinski definition) is 1. The molecule has 1 aliphatic heterocycles. The van der Waals surface area contributed by atoms with Crippen molar-refractivity contribution in [3.8, 4) is 5.75 Å². The summed E-state index contributed by atoms with van der Waals surface area (Å²) in [6.45, 7) is 4.51. The van der Waals surface area contributed by atoms with Crippen LogP contribution in [-0.4, -0.2) is 30.5 Å². The predicted octanol–water partition coefficient (Wildman–Crippen LogP) is 3.76. The van der Waals surface area contributed by atoms with Crippen molar-refractivity contribution in [2.24, 2.45) is 0 Å². The van der Waals surface area contributed by atoms with Crippen molar-refractivity contribution in [3.05, 3.63) is 65.7 Å². The van der Waals surface area contributed by atoms with Crippen molar-refractivity contribution < 1.29 is 9.53 Å². The summed E-state index contributed by atoms with van der Waals surface area (Å²) in [6.07, 6.45) is 3.80. The molecule has 1 aliphatic rings. The molecule has 4 nitrogen and oxygen atoms in total. The summed E-state index contributed by atoms with van der Waals surface area (Å²) in [5.74, 6) is 0.932. The van der Waals surface area contributed by atoms with Crippen LogP contribution in [0.2, 0.25) is 0 Å². The summed E-state index contributed by atoms with van der Waals surface area (Å²) < 4.78 is 5.63. The maximum absolute atomic E-state index is 12.1. The molecule has 0 atom stereocenters. The first kappa shape index (κ1) is 18.5. The SMILES string of the molecule is O=C(CCCOc1ccccc1)NCc1ccccc1CN1CCCC1. The third-order valence-electron chi connectivity index (χ3n) is 4.75. The molecule has 0 bridgehead atoms. The number of amides is 1. The average Bonchev–Trinajstić information content (AvgIpc) is 3.18. The minimum atomic E-state index is 0.0811. The van der Waals surface area contributed by atoms with Gasteiger partial charge in [0.25, 0.3) is 0 Å². The molecule has 0 spiro atoms. The summed E-state index contributed by atoms with van der Waals surface area (Å²) in [4.78, 5) is 14.6. The Balaban J connectivity index is 1.38. The van der Waals surface area contributed by atoms with Crippen LogP contribution in [-0.2, 0) is 17.9 Å². The van der Waals surface area contributed by atoms with E-state index in [-0.39, 0.29) is 5.91 Å². The monoisotopic (exact) mass is 352 g/mol. The van der Waals surface area contributed by atoms with E-state index >= 15 is 0 Å².